The third-order valence-electron chi connectivity index (χ3n) is 8.78. The Kier molecular flexibility index (Phi) is 5.60. The van der Waals surface area contributed by atoms with Crippen molar-refractivity contribution in [2.75, 3.05) is 0 Å². The van der Waals surface area contributed by atoms with Crippen LogP contribution in [0.25, 0.3) is 76.1 Å². The monoisotopic (exact) mass is 522 g/mol. The van der Waals surface area contributed by atoms with Crippen LogP contribution in [-0.2, 0) is 6.42 Å². The second-order valence-corrected chi connectivity index (χ2v) is 11.1. The van der Waals surface area contributed by atoms with Gasteiger partial charge in [-0.25, -0.2) is 0 Å². The zero-order valence-electron chi connectivity index (χ0n) is 23.2. The van der Waals surface area contributed by atoms with Gasteiger partial charge >= 0.3 is 0 Å². The maximum atomic E-state index is 2.41. The summed E-state index contributed by atoms with van der Waals surface area (Å²) in [6.07, 6.45) is 2.21. The first-order valence-corrected chi connectivity index (χ1v) is 14.7. The first-order valence-electron chi connectivity index (χ1n) is 14.7. The molecule has 8 aromatic carbocycles. The van der Waals surface area contributed by atoms with Gasteiger partial charge in [-0.15, -0.1) is 0 Å². The second kappa shape index (κ2) is 9.61. The lowest BCUT2D eigenvalue weighted by Crippen LogP contribution is -1.93. The molecule has 0 nitrogen and oxygen atoms in total. The van der Waals surface area contributed by atoms with E-state index in [1.807, 2.05) is 0 Å². The summed E-state index contributed by atoms with van der Waals surface area (Å²) < 4.78 is 0. The molecular weight excluding hydrogens is 492 g/mol. The van der Waals surface area contributed by atoms with Crippen LogP contribution in [0.5, 0.6) is 0 Å². The fourth-order valence-electron chi connectivity index (χ4n) is 7.07. The Hall–Kier alpha value is -4.94. The second-order valence-electron chi connectivity index (χ2n) is 11.1. The predicted octanol–water partition coefficient (Wildman–Crippen LogP) is 11.7. The molecule has 0 radical (unpaired) electrons. The molecule has 0 spiro atoms. The largest absolute Gasteiger partial charge is 0.0651 e. The molecule has 8 rings (SSSR count). The van der Waals surface area contributed by atoms with E-state index in [0.717, 1.165) is 12.8 Å². The minimum atomic E-state index is 1.08. The molecule has 0 aliphatic carbocycles. The van der Waals surface area contributed by atoms with Crippen molar-refractivity contribution in [3.63, 3.8) is 0 Å². The van der Waals surface area contributed by atoms with Crippen molar-refractivity contribution in [3.8, 4) is 22.3 Å². The highest BCUT2D eigenvalue weighted by molar-refractivity contribution is 6.25. The van der Waals surface area contributed by atoms with Crippen molar-refractivity contribution in [3.05, 3.63) is 145 Å². The van der Waals surface area contributed by atoms with Gasteiger partial charge in [-0.2, -0.15) is 0 Å². The fourth-order valence-corrected chi connectivity index (χ4v) is 7.07. The van der Waals surface area contributed by atoms with E-state index in [1.165, 1.54) is 81.7 Å². The van der Waals surface area contributed by atoms with Gasteiger partial charge in [-0.1, -0.05) is 147 Å². The van der Waals surface area contributed by atoms with Crippen molar-refractivity contribution in [2.45, 2.75) is 19.8 Å². The standard InChI is InChI=1S/C41H30/c1-2-13-30-29-17-7-6-16-28(29)26-39-31-22-12-23-34(32(31)24-25-33(30)39)41-37-20-10-8-18-35(37)40(27-14-4-3-5-15-27)36-19-9-11-21-38(36)41/h3-12,14-26H,2,13H2,1H3. The van der Waals surface area contributed by atoms with Crippen LogP contribution in [0.15, 0.2) is 140 Å². The number of benzene rings is 8. The van der Waals surface area contributed by atoms with Crippen molar-refractivity contribution in [1.29, 1.82) is 0 Å². The molecule has 0 unspecified atom stereocenters. The van der Waals surface area contributed by atoms with E-state index in [1.54, 1.807) is 0 Å². The third kappa shape index (κ3) is 3.68. The Balaban J connectivity index is 1.51. The van der Waals surface area contributed by atoms with Gasteiger partial charge in [-0.3, -0.25) is 0 Å². The van der Waals surface area contributed by atoms with Gasteiger partial charge in [-0.05, 0) is 94.2 Å². The van der Waals surface area contributed by atoms with E-state index in [-0.39, 0.29) is 0 Å². The van der Waals surface area contributed by atoms with Gasteiger partial charge in [0.25, 0.3) is 0 Å². The van der Waals surface area contributed by atoms with Crippen LogP contribution in [0.1, 0.15) is 18.9 Å². The van der Waals surface area contributed by atoms with Gasteiger partial charge in [0, 0.05) is 0 Å². The maximum absolute atomic E-state index is 2.41. The number of aryl methyl sites for hydroxylation is 1. The SMILES string of the molecule is CCCc1c2ccccc2cc2c1ccc1c(-c3c4ccccc4c(-c4ccccc4)c4ccccc34)cccc12. The molecule has 0 fully saturated rings. The molecule has 41 heavy (non-hydrogen) atoms. The summed E-state index contributed by atoms with van der Waals surface area (Å²) >= 11 is 0. The summed E-state index contributed by atoms with van der Waals surface area (Å²) in [5.74, 6) is 0. The summed E-state index contributed by atoms with van der Waals surface area (Å²) in [6, 6.07) is 51.6. The van der Waals surface area contributed by atoms with E-state index in [0.29, 0.717) is 0 Å². The summed E-state index contributed by atoms with van der Waals surface area (Å²) in [6.45, 7) is 2.28. The first-order chi connectivity index (χ1) is 20.3. The van der Waals surface area contributed by atoms with Gasteiger partial charge in [0.1, 0.15) is 0 Å². The average molecular weight is 523 g/mol. The lowest BCUT2D eigenvalue weighted by Gasteiger charge is -2.19. The molecule has 0 aliphatic heterocycles. The van der Waals surface area contributed by atoms with E-state index in [9.17, 15) is 0 Å². The van der Waals surface area contributed by atoms with E-state index >= 15 is 0 Å². The zero-order valence-corrected chi connectivity index (χ0v) is 23.2. The van der Waals surface area contributed by atoms with Crippen molar-refractivity contribution in [2.24, 2.45) is 0 Å². The molecule has 0 amide bonds. The summed E-state index contributed by atoms with van der Waals surface area (Å²) in [4.78, 5) is 0. The van der Waals surface area contributed by atoms with Crippen LogP contribution in [0.3, 0.4) is 0 Å². The molecule has 194 valence electrons. The van der Waals surface area contributed by atoms with Crippen molar-refractivity contribution < 1.29 is 0 Å². The molecule has 0 heteroatoms. The molecule has 0 N–H and O–H groups in total. The summed E-state index contributed by atoms with van der Waals surface area (Å²) in [5, 5.41) is 13.2. The Morgan fingerprint density at radius 1 is 0.390 bits per heavy atom. The number of hydrogen-bond donors (Lipinski definition) is 0. The summed E-state index contributed by atoms with van der Waals surface area (Å²) in [7, 11) is 0. The number of rotatable bonds is 4. The lowest BCUT2D eigenvalue weighted by atomic mass is 9.84. The molecule has 0 aromatic heterocycles. The smallest absolute Gasteiger partial charge is 0.00201 e. The van der Waals surface area contributed by atoms with Crippen molar-refractivity contribution in [1.82, 2.24) is 0 Å². The molecule has 0 atom stereocenters. The van der Waals surface area contributed by atoms with Gasteiger partial charge in [0.15, 0.2) is 0 Å². The lowest BCUT2D eigenvalue weighted by molar-refractivity contribution is 0.937. The van der Waals surface area contributed by atoms with Gasteiger partial charge in [0.05, 0.1) is 0 Å². The van der Waals surface area contributed by atoms with Crippen LogP contribution >= 0.6 is 0 Å². The average Bonchev–Trinajstić information content (AvgIpc) is 3.03. The third-order valence-corrected chi connectivity index (χ3v) is 8.78. The highest BCUT2D eigenvalue weighted by Gasteiger charge is 2.18. The quantitative estimate of drug-likeness (QED) is 0.159. The van der Waals surface area contributed by atoms with E-state index < -0.39 is 0 Å². The van der Waals surface area contributed by atoms with Gasteiger partial charge < -0.3 is 0 Å². The Bertz CT molecular complexity index is 2200. The van der Waals surface area contributed by atoms with E-state index in [2.05, 4.69) is 146 Å². The van der Waals surface area contributed by atoms with Gasteiger partial charge in [0.2, 0.25) is 0 Å². The molecule has 0 aliphatic rings. The Morgan fingerprint density at radius 3 is 1.63 bits per heavy atom. The maximum Gasteiger partial charge on any atom is -0.00201 e. The molecule has 0 heterocycles. The highest BCUT2D eigenvalue weighted by atomic mass is 14.2. The Labute approximate surface area is 240 Å². The van der Waals surface area contributed by atoms with Crippen LogP contribution in [0.4, 0.5) is 0 Å². The zero-order chi connectivity index (χ0) is 27.3. The molecule has 0 bridgehead atoms. The van der Waals surface area contributed by atoms with Crippen LogP contribution in [-0.4, -0.2) is 0 Å². The predicted molar refractivity (Wildman–Crippen MR) is 179 cm³/mol. The normalized spacial score (nSPS) is 11.7. The molecular formula is C41H30. The minimum absolute atomic E-state index is 1.08. The van der Waals surface area contributed by atoms with E-state index in [4.69, 9.17) is 0 Å². The number of hydrogen-bond acceptors (Lipinski definition) is 0. The highest BCUT2D eigenvalue weighted by Crippen LogP contribution is 2.46. The van der Waals surface area contributed by atoms with Crippen LogP contribution in [0.2, 0.25) is 0 Å². The Morgan fingerprint density at radius 2 is 0.951 bits per heavy atom. The molecule has 0 saturated carbocycles. The molecule has 8 aromatic rings. The fraction of sp³-hybridized carbons (Fsp3) is 0.0732. The topological polar surface area (TPSA) is 0 Å². The first kappa shape index (κ1) is 23.9. The van der Waals surface area contributed by atoms with Crippen LogP contribution < -0.4 is 0 Å². The van der Waals surface area contributed by atoms with Crippen molar-refractivity contribution >= 4 is 53.9 Å². The summed E-state index contributed by atoms with van der Waals surface area (Å²) in [5.41, 5.74) is 6.64. The number of fused-ring (bicyclic) bond motifs is 6. The van der Waals surface area contributed by atoms with Crippen LogP contribution in [0, 0.1) is 0 Å². The minimum Gasteiger partial charge on any atom is -0.0651 e. The molecule has 0 saturated heterocycles.